The van der Waals surface area contributed by atoms with Crippen molar-refractivity contribution >= 4 is 23.2 Å². The van der Waals surface area contributed by atoms with Gasteiger partial charge in [0.25, 0.3) is 0 Å². The van der Waals surface area contributed by atoms with Crippen LogP contribution in [-0.2, 0) is 16.0 Å². The van der Waals surface area contributed by atoms with E-state index in [1.54, 1.807) is 6.07 Å². The lowest BCUT2D eigenvalue weighted by molar-refractivity contribution is -0.132. The lowest BCUT2D eigenvalue weighted by Crippen LogP contribution is -2.29. The van der Waals surface area contributed by atoms with Gasteiger partial charge in [-0.05, 0) is 67.6 Å². The fraction of sp³-hybridized carbons (Fsp3) is 0.300. The van der Waals surface area contributed by atoms with Crippen LogP contribution in [0, 0.1) is 13.8 Å². The van der Waals surface area contributed by atoms with Gasteiger partial charge in [0.1, 0.15) is 0 Å². The summed E-state index contributed by atoms with van der Waals surface area (Å²) in [5.74, 6) is -1.34. The number of carbonyl (C=O) groups excluding carboxylic acids is 2. The Balaban J connectivity index is 1.93. The minimum Gasteiger partial charge on any atom is -0.318 e. The molecule has 0 saturated heterocycles. The summed E-state index contributed by atoms with van der Waals surface area (Å²) in [6, 6.07) is 13.2. The number of hydrogen-bond donors (Lipinski definition) is 2. The predicted octanol–water partition coefficient (Wildman–Crippen LogP) is 4.22. The topological polar surface area (TPSA) is 58.2 Å². The lowest BCUT2D eigenvalue weighted by Gasteiger charge is -2.09. The van der Waals surface area contributed by atoms with Crippen LogP contribution in [0.5, 0.6) is 0 Å². The summed E-state index contributed by atoms with van der Waals surface area (Å²) in [6.45, 7) is 6.12. The predicted molar refractivity (Wildman–Crippen MR) is 98.2 cm³/mol. The van der Waals surface area contributed by atoms with Gasteiger partial charge in [0.2, 0.25) is 0 Å². The van der Waals surface area contributed by atoms with Crippen molar-refractivity contribution in [3.63, 3.8) is 0 Å². The van der Waals surface area contributed by atoms with Crippen LogP contribution in [0.25, 0.3) is 0 Å². The Kier molecular flexibility index (Phi) is 6.13. The number of benzene rings is 2. The quantitative estimate of drug-likeness (QED) is 0.809. The van der Waals surface area contributed by atoms with E-state index in [1.165, 1.54) is 5.56 Å². The average Bonchev–Trinajstić information content (AvgIpc) is 2.57. The molecule has 2 aromatic rings. The van der Waals surface area contributed by atoms with Crippen molar-refractivity contribution in [3.05, 3.63) is 59.2 Å². The maximum absolute atomic E-state index is 12.0. The van der Waals surface area contributed by atoms with Gasteiger partial charge in [0, 0.05) is 11.4 Å². The number of rotatable bonds is 5. The van der Waals surface area contributed by atoms with Gasteiger partial charge in [-0.3, -0.25) is 9.59 Å². The molecule has 2 N–H and O–H groups in total. The maximum Gasteiger partial charge on any atom is 0.314 e. The van der Waals surface area contributed by atoms with Crippen LogP contribution < -0.4 is 10.6 Å². The Labute approximate surface area is 143 Å². The largest absolute Gasteiger partial charge is 0.318 e. The van der Waals surface area contributed by atoms with Crippen LogP contribution in [0.2, 0.25) is 0 Å². The molecule has 0 fully saturated rings. The zero-order chi connectivity index (χ0) is 17.5. The summed E-state index contributed by atoms with van der Waals surface area (Å²) in [7, 11) is 0. The molecule has 2 amide bonds. The Morgan fingerprint density at radius 1 is 0.833 bits per heavy atom. The second kappa shape index (κ2) is 8.29. The first-order valence-corrected chi connectivity index (χ1v) is 8.28. The van der Waals surface area contributed by atoms with Gasteiger partial charge in [0.15, 0.2) is 0 Å². The Bertz CT molecular complexity index is 721. The Morgan fingerprint density at radius 2 is 1.42 bits per heavy atom. The summed E-state index contributed by atoms with van der Waals surface area (Å²) in [4.78, 5) is 24.0. The number of anilines is 2. The van der Waals surface area contributed by atoms with Gasteiger partial charge in [-0.1, -0.05) is 31.5 Å². The van der Waals surface area contributed by atoms with Crippen LogP contribution in [0.15, 0.2) is 42.5 Å². The first-order valence-electron chi connectivity index (χ1n) is 8.28. The zero-order valence-electron chi connectivity index (χ0n) is 14.5. The molecule has 24 heavy (non-hydrogen) atoms. The van der Waals surface area contributed by atoms with Crippen molar-refractivity contribution in [2.75, 3.05) is 10.6 Å². The minimum absolute atomic E-state index is 0.619. The van der Waals surface area contributed by atoms with E-state index in [9.17, 15) is 9.59 Å². The number of aryl methyl sites for hydroxylation is 3. The van der Waals surface area contributed by atoms with E-state index in [0.717, 1.165) is 30.4 Å². The highest BCUT2D eigenvalue weighted by molar-refractivity contribution is 6.43. The minimum atomic E-state index is -0.673. The fourth-order valence-corrected chi connectivity index (χ4v) is 2.33. The van der Waals surface area contributed by atoms with E-state index >= 15 is 0 Å². The van der Waals surface area contributed by atoms with Gasteiger partial charge in [-0.25, -0.2) is 0 Å². The highest BCUT2D eigenvalue weighted by Crippen LogP contribution is 2.15. The Morgan fingerprint density at radius 3 is 2.00 bits per heavy atom. The van der Waals surface area contributed by atoms with Crippen molar-refractivity contribution in [3.8, 4) is 0 Å². The maximum atomic E-state index is 12.0. The van der Waals surface area contributed by atoms with Crippen LogP contribution in [0.3, 0.4) is 0 Å². The van der Waals surface area contributed by atoms with Gasteiger partial charge >= 0.3 is 11.8 Å². The standard InChI is InChI=1S/C20H24N2O2/c1-4-5-6-16-8-11-17(12-9-16)21-19(23)20(24)22-18-10-7-14(2)15(3)13-18/h7-13H,4-6H2,1-3H3,(H,21,23)(H,22,24). The van der Waals surface area contributed by atoms with Crippen molar-refractivity contribution < 1.29 is 9.59 Å². The first-order chi connectivity index (χ1) is 11.5. The molecule has 2 aromatic carbocycles. The third kappa shape index (κ3) is 4.95. The molecule has 0 unspecified atom stereocenters. The van der Waals surface area contributed by atoms with Crippen molar-refractivity contribution in [2.45, 2.75) is 40.0 Å². The van der Waals surface area contributed by atoms with Crippen molar-refractivity contribution in [1.82, 2.24) is 0 Å². The van der Waals surface area contributed by atoms with Gasteiger partial charge < -0.3 is 10.6 Å². The van der Waals surface area contributed by atoms with E-state index in [-0.39, 0.29) is 0 Å². The molecule has 2 rings (SSSR count). The molecule has 126 valence electrons. The van der Waals surface area contributed by atoms with E-state index in [2.05, 4.69) is 17.6 Å². The van der Waals surface area contributed by atoms with E-state index < -0.39 is 11.8 Å². The number of unbranched alkanes of at least 4 members (excludes halogenated alkanes) is 1. The zero-order valence-corrected chi connectivity index (χ0v) is 14.5. The van der Waals surface area contributed by atoms with Gasteiger partial charge in [-0.2, -0.15) is 0 Å². The summed E-state index contributed by atoms with van der Waals surface area (Å²) in [5.41, 5.74) is 4.68. The summed E-state index contributed by atoms with van der Waals surface area (Å²) in [6.07, 6.45) is 3.32. The average molecular weight is 324 g/mol. The second-order valence-electron chi connectivity index (χ2n) is 6.01. The Hall–Kier alpha value is -2.62. The second-order valence-corrected chi connectivity index (χ2v) is 6.01. The summed E-state index contributed by atoms with van der Waals surface area (Å²) in [5, 5.41) is 5.24. The third-order valence-corrected chi connectivity index (χ3v) is 4.00. The summed E-state index contributed by atoms with van der Waals surface area (Å²) >= 11 is 0. The fourth-order valence-electron chi connectivity index (χ4n) is 2.33. The molecule has 0 atom stereocenters. The molecular formula is C20H24N2O2. The van der Waals surface area contributed by atoms with E-state index in [1.807, 2.05) is 50.2 Å². The molecule has 0 heterocycles. The number of carbonyl (C=O) groups is 2. The van der Waals surface area contributed by atoms with Crippen molar-refractivity contribution in [1.29, 1.82) is 0 Å². The molecule has 0 spiro atoms. The third-order valence-electron chi connectivity index (χ3n) is 4.00. The smallest absolute Gasteiger partial charge is 0.314 e. The van der Waals surface area contributed by atoms with Gasteiger partial charge in [-0.15, -0.1) is 0 Å². The SMILES string of the molecule is CCCCc1ccc(NC(=O)C(=O)Nc2ccc(C)c(C)c2)cc1. The molecule has 0 saturated carbocycles. The van der Waals surface area contributed by atoms with Crippen LogP contribution >= 0.6 is 0 Å². The molecule has 4 heteroatoms. The van der Waals surface area contributed by atoms with E-state index in [4.69, 9.17) is 0 Å². The monoisotopic (exact) mass is 324 g/mol. The molecule has 0 aromatic heterocycles. The first kappa shape index (κ1) is 17.7. The number of amides is 2. The highest BCUT2D eigenvalue weighted by atomic mass is 16.2. The number of nitrogens with one attached hydrogen (secondary N) is 2. The molecule has 4 nitrogen and oxygen atoms in total. The molecule has 0 bridgehead atoms. The highest BCUT2D eigenvalue weighted by Gasteiger charge is 2.14. The molecule has 0 aliphatic carbocycles. The van der Waals surface area contributed by atoms with Crippen LogP contribution in [0.4, 0.5) is 11.4 Å². The van der Waals surface area contributed by atoms with Crippen LogP contribution in [-0.4, -0.2) is 11.8 Å². The van der Waals surface area contributed by atoms with Crippen molar-refractivity contribution in [2.24, 2.45) is 0 Å². The van der Waals surface area contributed by atoms with Gasteiger partial charge in [0.05, 0.1) is 0 Å². The van der Waals surface area contributed by atoms with E-state index in [0.29, 0.717) is 11.4 Å². The normalized spacial score (nSPS) is 10.3. The molecule has 0 radical (unpaired) electrons. The molecular weight excluding hydrogens is 300 g/mol. The molecule has 0 aliphatic rings. The van der Waals surface area contributed by atoms with Crippen LogP contribution in [0.1, 0.15) is 36.5 Å². The molecule has 0 aliphatic heterocycles. The lowest BCUT2D eigenvalue weighted by atomic mass is 10.1. The summed E-state index contributed by atoms with van der Waals surface area (Å²) < 4.78 is 0. The number of hydrogen-bond acceptors (Lipinski definition) is 2.